The van der Waals surface area contributed by atoms with Gasteiger partial charge in [0, 0.05) is 18.8 Å². The van der Waals surface area contributed by atoms with Gasteiger partial charge in [0.05, 0.1) is 0 Å². The van der Waals surface area contributed by atoms with E-state index in [0.717, 1.165) is 17.6 Å². The molecule has 5 nitrogen and oxygen atoms in total. The second-order valence-electron chi connectivity index (χ2n) is 5.15. The molecule has 18 heavy (non-hydrogen) atoms. The molecule has 98 valence electrons. The summed E-state index contributed by atoms with van der Waals surface area (Å²) in [7, 11) is 0. The molecule has 0 fully saturated rings. The molecular weight excluding hydrogens is 226 g/mol. The first-order valence-corrected chi connectivity index (χ1v) is 6.38. The Morgan fingerprint density at radius 1 is 1.39 bits per heavy atom. The lowest BCUT2D eigenvalue weighted by Gasteiger charge is -2.17. The third-order valence-electron chi connectivity index (χ3n) is 2.85. The van der Waals surface area contributed by atoms with Gasteiger partial charge in [-0.15, -0.1) is 5.10 Å². The van der Waals surface area contributed by atoms with Crippen LogP contribution < -0.4 is 11.1 Å². The Morgan fingerprint density at radius 2 is 2.17 bits per heavy atom. The zero-order valence-corrected chi connectivity index (χ0v) is 11.2. The molecule has 2 heterocycles. The molecule has 2 aromatic heterocycles. The fraction of sp³-hybridized carbons (Fsp3) is 0.538. The van der Waals surface area contributed by atoms with E-state index >= 15 is 0 Å². The van der Waals surface area contributed by atoms with Crippen LogP contribution >= 0.6 is 0 Å². The zero-order valence-electron chi connectivity index (χ0n) is 11.2. The topological polar surface area (TPSA) is 68.2 Å². The van der Waals surface area contributed by atoms with Gasteiger partial charge in [-0.05, 0) is 30.9 Å². The van der Waals surface area contributed by atoms with Crippen molar-refractivity contribution in [2.75, 3.05) is 11.9 Å². The average molecular weight is 247 g/mol. The van der Waals surface area contributed by atoms with Crippen molar-refractivity contribution in [3.8, 4) is 0 Å². The molecule has 3 N–H and O–H groups in total. The normalized spacial score (nSPS) is 13.2. The number of hydrogen-bond acceptors (Lipinski definition) is 4. The van der Waals surface area contributed by atoms with Crippen LogP contribution in [0.1, 0.15) is 25.8 Å². The number of pyridine rings is 1. The highest BCUT2D eigenvalue weighted by Gasteiger charge is 2.11. The molecule has 0 saturated heterocycles. The maximum atomic E-state index is 5.76. The van der Waals surface area contributed by atoms with Gasteiger partial charge in [-0.1, -0.05) is 19.9 Å². The monoisotopic (exact) mass is 247 g/mol. The Morgan fingerprint density at radius 3 is 2.83 bits per heavy atom. The Labute approximate surface area is 107 Å². The first-order chi connectivity index (χ1) is 8.58. The van der Waals surface area contributed by atoms with Crippen LogP contribution in [0, 0.1) is 12.8 Å². The van der Waals surface area contributed by atoms with Crippen molar-refractivity contribution in [2.45, 2.75) is 33.2 Å². The van der Waals surface area contributed by atoms with Gasteiger partial charge in [0.1, 0.15) is 0 Å². The van der Waals surface area contributed by atoms with Gasteiger partial charge in [-0.2, -0.15) is 4.98 Å². The second kappa shape index (κ2) is 5.35. The minimum atomic E-state index is 0.225. The van der Waals surface area contributed by atoms with E-state index in [9.17, 15) is 0 Å². The van der Waals surface area contributed by atoms with E-state index in [1.807, 2.05) is 25.3 Å². The minimum Gasteiger partial charge on any atom is -0.349 e. The Kier molecular flexibility index (Phi) is 3.81. The standard InChI is InChI=1S/C13H21N5/c1-9(2)6-11(7-14)15-13-16-12-5-4-10(3)8-18(12)17-13/h4-5,8-9,11H,6-7,14H2,1-3H3,(H,15,17). The van der Waals surface area contributed by atoms with Gasteiger partial charge >= 0.3 is 0 Å². The molecule has 2 rings (SSSR count). The van der Waals surface area contributed by atoms with Crippen molar-refractivity contribution in [3.05, 3.63) is 23.9 Å². The molecule has 0 aliphatic heterocycles. The van der Waals surface area contributed by atoms with Gasteiger partial charge < -0.3 is 11.1 Å². The lowest BCUT2D eigenvalue weighted by atomic mass is 10.0. The smallest absolute Gasteiger partial charge is 0.243 e. The number of nitrogens with two attached hydrogens (primary N) is 1. The molecule has 1 atom stereocenters. The summed E-state index contributed by atoms with van der Waals surface area (Å²) in [5.74, 6) is 1.25. The van der Waals surface area contributed by atoms with Crippen molar-refractivity contribution in [2.24, 2.45) is 11.7 Å². The third kappa shape index (κ3) is 2.98. The molecule has 2 aromatic rings. The summed E-state index contributed by atoms with van der Waals surface area (Å²) in [5.41, 5.74) is 7.78. The molecular formula is C13H21N5. The second-order valence-corrected chi connectivity index (χ2v) is 5.15. The molecule has 1 unspecified atom stereocenters. The molecule has 0 aromatic carbocycles. The van der Waals surface area contributed by atoms with Crippen LogP contribution in [0.4, 0.5) is 5.95 Å². The van der Waals surface area contributed by atoms with Crippen molar-refractivity contribution in [3.63, 3.8) is 0 Å². The van der Waals surface area contributed by atoms with Gasteiger partial charge in [0.2, 0.25) is 5.95 Å². The van der Waals surface area contributed by atoms with Crippen LogP contribution in [0.15, 0.2) is 18.3 Å². The van der Waals surface area contributed by atoms with E-state index in [0.29, 0.717) is 18.4 Å². The SMILES string of the molecule is Cc1ccc2nc(NC(CN)CC(C)C)nn2c1. The lowest BCUT2D eigenvalue weighted by Crippen LogP contribution is -2.30. The molecule has 0 bridgehead atoms. The van der Waals surface area contributed by atoms with Crippen molar-refractivity contribution in [1.29, 1.82) is 0 Å². The number of rotatable bonds is 5. The molecule has 5 heteroatoms. The predicted octanol–water partition coefficient (Wildman–Crippen LogP) is 1.82. The first-order valence-electron chi connectivity index (χ1n) is 6.38. The van der Waals surface area contributed by atoms with E-state index in [-0.39, 0.29) is 6.04 Å². The predicted molar refractivity (Wildman–Crippen MR) is 73.6 cm³/mol. The molecule has 0 aliphatic rings. The summed E-state index contributed by atoms with van der Waals surface area (Å²) in [6.07, 6.45) is 2.98. The maximum absolute atomic E-state index is 5.76. The maximum Gasteiger partial charge on any atom is 0.243 e. The summed E-state index contributed by atoms with van der Waals surface area (Å²) in [4.78, 5) is 4.43. The van der Waals surface area contributed by atoms with Crippen molar-refractivity contribution < 1.29 is 0 Å². The minimum absolute atomic E-state index is 0.225. The number of nitrogens with zero attached hydrogens (tertiary/aromatic N) is 3. The van der Waals surface area contributed by atoms with E-state index in [4.69, 9.17) is 5.73 Å². The average Bonchev–Trinajstić information content (AvgIpc) is 2.68. The summed E-state index contributed by atoms with van der Waals surface area (Å²) in [6.45, 7) is 7.00. The fourth-order valence-corrected chi connectivity index (χ4v) is 2.01. The van der Waals surface area contributed by atoms with Gasteiger partial charge in [0.25, 0.3) is 0 Å². The highest BCUT2D eigenvalue weighted by atomic mass is 15.3. The number of aryl methyl sites for hydroxylation is 1. The molecule has 0 saturated carbocycles. The lowest BCUT2D eigenvalue weighted by molar-refractivity contribution is 0.520. The van der Waals surface area contributed by atoms with Crippen LogP contribution in [0.25, 0.3) is 5.65 Å². The summed E-state index contributed by atoms with van der Waals surface area (Å²) < 4.78 is 1.79. The Bertz CT molecular complexity index is 517. The van der Waals surface area contributed by atoms with Crippen molar-refractivity contribution >= 4 is 11.6 Å². The molecule has 0 spiro atoms. The van der Waals surface area contributed by atoms with E-state index in [2.05, 4.69) is 29.2 Å². The zero-order chi connectivity index (χ0) is 13.1. The van der Waals surface area contributed by atoms with Crippen LogP contribution in [-0.4, -0.2) is 27.2 Å². The van der Waals surface area contributed by atoms with Crippen LogP contribution in [0.5, 0.6) is 0 Å². The van der Waals surface area contributed by atoms with Crippen LogP contribution in [0.3, 0.4) is 0 Å². The van der Waals surface area contributed by atoms with Gasteiger partial charge in [-0.3, -0.25) is 0 Å². The Hall–Kier alpha value is -1.62. The molecule has 0 amide bonds. The highest BCUT2D eigenvalue weighted by Crippen LogP contribution is 2.11. The largest absolute Gasteiger partial charge is 0.349 e. The van der Waals surface area contributed by atoms with Gasteiger partial charge in [-0.25, -0.2) is 4.52 Å². The number of nitrogens with one attached hydrogen (secondary N) is 1. The Balaban J connectivity index is 2.15. The van der Waals surface area contributed by atoms with Crippen LogP contribution in [0.2, 0.25) is 0 Å². The van der Waals surface area contributed by atoms with E-state index in [1.54, 1.807) is 4.52 Å². The van der Waals surface area contributed by atoms with E-state index < -0.39 is 0 Å². The number of fused-ring (bicyclic) bond motifs is 1. The highest BCUT2D eigenvalue weighted by molar-refractivity contribution is 5.44. The summed E-state index contributed by atoms with van der Waals surface area (Å²) in [6, 6.07) is 4.22. The summed E-state index contributed by atoms with van der Waals surface area (Å²) >= 11 is 0. The molecule has 0 aliphatic carbocycles. The molecule has 0 radical (unpaired) electrons. The first kappa shape index (κ1) is 12.8. The van der Waals surface area contributed by atoms with E-state index in [1.165, 1.54) is 0 Å². The number of aromatic nitrogens is 3. The van der Waals surface area contributed by atoms with Crippen molar-refractivity contribution in [1.82, 2.24) is 14.6 Å². The van der Waals surface area contributed by atoms with Gasteiger partial charge in [0.15, 0.2) is 5.65 Å². The van der Waals surface area contributed by atoms with Crippen LogP contribution in [-0.2, 0) is 0 Å². The quantitative estimate of drug-likeness (QED) is 0.845. The number of anilines is 1. The third-order valence-corrected chi connectivity index (χ3v) is 2.85. The fourth-order valence-electron chi connectivity index (χ4n) is 2.01. The summed E-state index contributed by atoms with van der Waals surface area (Å²) in [5, 5.41) is 7.71. The number of hydrogen-bond donors (Lipinski definition) is 2.